The van der Waals surface area contributed by atoms with E-state index in [1.54, 1.807) is 0 Å². The first kappa shape index (κ1) is 28.2. The molecule has 0 unspecified atom stereocenters. The number of carbonyl (C=O) groups excluding carboxylic acids is 1. The molecule has 3 aromatic carbocycles. The summed E-state index contributed by atoms with van der Waals surface area (Å²) in [7, 11) is -3.92. The summed E-state index contributed by atoms with van der Waals surface area (Å²) in [6.07, 6.45) is 9.13. The van der Waals surface area contributed by atoms with Crippen LogP contribution in [-0.2, 0) is 21.3 Å². The minimum absolute atomic E-state index is 0.184. The van der Waals surface area contributed by atoms with Gasteiger partial charge in [0.05, 0.1) is 31.9 Å². The molecule has 0 fully saturated rings. The zero-order valence-electron chi connectivity index (χ0n) is 21.2. The lowest BCUT2D eigenvalue weighted by molar-refractivity contribution is -0.475. The fourth-order valence-electron chi connectivity index (χ4n) is 4.31. The minimum atomic E-state index is -3.92. The van der Waals surface area contributed by atoms with Gasteiger partial charge >= 0.3 is 0 Å². The van der Waals surface area contributed by atoms with Gasteiger partial charge < -0.3 is 10.3 Å². The number of aryl methyl sites for hydroxylation is 1. The van der Waals surface area contributed by atoms with Crippen LogP contribution in [0.5, 0.6) is 0 Å². The number of fused-ring (bicyclic) bond motifs is 2. The molecule has 37 heavy (non-hydrogen) atoms. The van der Waals surface area contributed by atoms with E-state index in [1.165, 1.54) is 53.4 Å². The molecule has 196 valence electrons. The van der Waals surface area contributed by atoms with Crippen LogP contribution in [0, 0.1) is 0 Å². The van der Waals surface area contributed by atoms with Crippen molar-refractivity contribution >= 4 is 49.2 Å². The first-order valence-corrected chi connectivity index (χ1v) is 14.4. The molecule has 1 amide bonds. The molecule has 0 aliphatic rings. The van der Waals surface area contributed by atoms with E-state index in [4.69, 9.17) is 23.7 Å². The fourth-order valence-corrected chi connectivity index (χ4v) is 4.31. The Morgan fingerprint density at radius 3 is 1.84 bits per heavy atom. The van der Waals surface area contributed by atoms with Gasteiger partial charge in [0, 0.05) is 12.7 Å². The van der Waals surface area contributed by atoms with Gasteiger partial charge in [-0.05, 0) is 61.2 Å². The Morgan fingerprint density at radius 2 is 1.30 bits per heavy atom. The van der Waals surface area contributed by atoms with Gasteiger partial charge in [-0.2, -0.15) is 0 Å². The van der Waals surface area contributed by atoms with Gasteiger partial charge in [0.2, 0.25) is 5.91 Å². The third kappa shape index (κ3) is 9.92. The lowest BCUT2D eigenvalue weighted by Crippen LogP contribution is -2.71. The molecule has 0 saturated heterocycles. The highest BCUT2D eigenvalue weighted by Gasteiger charge is 2.13. The zero-order chi connectivity index (χ0) is 26.7. The quantitative estimate of drug-likeness (QED) is 0.126. The molecule has 0 spiro atoms. The first-order chi connectivity index (χ1) is 17.7. The lowest BCUT2D eigenvalue weighted by atomic mass is 10.0. The average Bonchev–Trinajstić information content (AvgIpc) is 2.85. The van der Waals surface area contributed by atoms with E-state index in [2.05, 4.69) is 66.0 Å². The van der Waals surface area contributed by atoms with Crippen LogP contribution in [0.15, 0.2) is 72.8 Å². The Hall–Kier alpha value is -3.33. The standard InChI is InChI=1S/C28H31N3O.CH4O3S/c29-27(32)16-6-4-2-1-3-5-11-21-17-19-22(20-18-21)30-28-23-12-7-9-14-25(23)31-26-15-10-8-13-24(26)28;1-5(2,3)4/h7-10,12-15,17-20H,1-6,11,16H2,(H2,29,32)(H,30,31);1H3,(H,2,3,4). The summed E-state index contributed by atoms with van der Waals surface area (Å²) in [5.74, 6) is -0.184. The molecule has 0 bridgehead atoms. The van der Waals surface area contributed by atoms with Crippen molar-refractivity contribution < 1.29 is 23.1 Å². The Labute approximate surface area is 218 Å². The molecule has 0 atom stereocenters. The van der Waals surface area contributed by atoms with Crippen LogP contribution >= 0.6 is 0 Å². The van der Waals surface area contributed by atoms with Gasteiger partial charge in [-0.3, -0.25) is 10.1 Å². The maximum absolute atomic E-state index is 10.8. The number of benzene rings is 3. The predicted molar refractivity (Wildman–Crippen MR) is 148 cm³/mol. The molecule has 0 saturated carbocycles. The van der Waals surface area contributed by atoms with Crippen LogP contribution in [0.4, 0.5) is 11.4 Å². The van der Waals surface area contributed by atoms with Gasteiger partial charge in [-0.1, -0.05) is 62.1 Å². The maximum atomic E-state index is 10.8. The number of hydrogen-bond acceptors (Lipinski definition) is 5. The van der Waals surface area contributed by atoms with Gasteiger partial charge in [0.15, 0.2) is 5.69 Å². The second kappa shape index (κ2) is 13.8. The van der Waals surface area contributed by atoms with Crippen molar-refractivity contribution in [1.82, 2.24) is 4.98 Å². The number of hydrogen-bond donors (Lipinski definition) is 2. The van der Waals surface area contributed by atoms with Crippen molar-refractivity contribution in [2.24, 2.45) is 5.73 Å². The molecule has 0 aliphatic heterocycles. The molecule has 7 nitrogen and oxygen atoms in total. The minimum Gasteiger partial charge on any atom is -0.748 e. The second-order valence-electron chi connectivity index (χ2n) is 9.24. The smallest absolute Gasteiger partial charge is 0.217 e. The van der Waals surface area contributed by atoms with E-state index in [0.29, 0.717) is 12.7 Å². The molecule has 4 rings (SSSR count). The van der Waals surface area contributed by atoms with Crippen LogP contribution in [0.25, 0.3) is 21.8 Å². The number of aromatic nitrogens is 1. The average molecular weight is 522 g/mol. The van der Waals surface area contributed by atoms with E-state index in [9.17, 15) is 4.79 Å². The highest BCUT2D eigenvalue weighted by atomic mass is 32.2. The van der Waals surface area contributed by atoms with Gasteiger partial charge in [-0.25, -0.2) is 13.4 Å². The number of rotatable bonds is 11. The Morgan fingerprint density at radius 1 is 0.811 bits per heavy atom. The van der Waals surface area contributed by atoms with Crippen molar-refractivity contribution in [2.45, 2.75) is 51.4 Å². The summed E-state index contributed by atoms with van der Waals surface area (Å²) in [5.41, 5.74) is 11.1. The summed E-state index contributed by atoms with van der Waals surface area (Å²) >= 11 is 0. The monoisotopic (exact) mass is 521 g/mol. The summed E-state index contributed by atoms with van der Waals surface area (Å²) < 4.78 is 27.2. The van der Waals surface area contributed by atoms with Crippen LogP contribution in [0.1, 0.15) is 50.5 Å². The van der Waals surface area contributed by atoms with Crippen LogP contribution in [-0.4, -0.2) is 30.1 Å². The second-order valence-corrected chi connectivity index (χ2v) is 10.6. The SMILES string of the molecule is CS(=O)(=O)[O-].NC(=O)CCCCCCCCc1ccc([NH2+]c2c3ccccc3nc3ccccc23)cc1. The lowest BCUT2D eigenvalue weighted by Gasteiger charge is -2.09. The van der Waals surface area contributed by atoms with E-state index in [-0.39, 0.29) is 5.91 Å². The van der Waals surface area contributed by atoms with E-state index >= 15 is 0 Å². The number of amides is 1. The third-order valence-electron chi connectivity index (χ3n) is 6.06. The van der Waals surface area contributed by atoms with E-state index < -0.39 is 10.1 Å². The molecule has 1 aromatic heterocycles. The largest absolute Gasteiger partial charge is 0.748 e. The van der Waals surface area contributed by atoms with Gasteiger partial charge in [-0.15, -0.1) is 0 Å². The predicted octanol–water partition coefficient (Wildman–Crippen LogP) is 4.83. The normalized spacial score (nSPS) is 11.3. The number of carbonyl (C=O) groups is 1. The van der Waals surface area contributed by atoms with Crippen molar-refractivity contribution in [1.29, 1.82) is 0 Å². The molecule has 4 aromatic rings. The van der Waals surface area contributed by atoms with Crippen LogP contribution < -0.4 is 11.1 Å². The number of para-hydroxylation sites is 2. The molecule has 0 radical (unpaired) electrons. The van der Waals surface area contributed by atoms with Crippen molar-refractivity contribution in [2.75, 3.05) is 6.26 Å². The Bertz CT molecular complexity index is 1360. The van der Waals surface area contributed by atoms with Crippen LogP contribution in [0.2, 0.25) is 0 Å². The maximum Gasteiger partial charge on any atom is 0.217 e. The van der Waals surface area contributed by atoms with Crippen LogP contribution in [0.3, 0.4) is 0 Å². The fraction of sp³-hybridized carbons (Fsp3) is 0.310. The third-order valence-corrected chi connectivity index (χ3v) is 6.06. The number of nitrogens with two attached hydrogens (primary N) is 2. The summed E-state index contributed by atoms with van der Waals surface area (Å²) in [6, 6.07) is 25.7. The highest BCUT2D eigenvalue weighted by molar-refractivity contribution is 7.84. The highest BCUT2D eigenvalue weighted by Crippen LogP contribution is 2.28. The molecular formula is C29H35N3O4S. The number of nitrogens with zero attached hydrogens (tertiary/aromatic N) is 1. The number of unbranched alkanes of at least 4 members (excludes halogenated alkanes) is 5. The summed E-state index contributed by atoms with van der Waals surface area (Å²) in [5, 5.41) is 4.65. The van der Waals surface area contributed by atoms with Gasteiger partial charge in [0.25, 0.3) is 0 Å². The number of pyridine rings is 1. The van der Waals surface area contributed by atoms with Crippen molar-refractivity contribution in [3.8, 4) is 0 Å². The van der Waals surface area contributed by atoms with E-state index in [1.807, 2.05) is 12.1 Å². The molecule has 8 heteroatoms. The molecule has 1 heterocycles. The Balaban J connectivity index is 0.000000695. The summed E-state index contributed by atoms with van der Waals surface area (Å²) in [4.78, 5) is 15.6. The zero-order valence-corrected chi connectivity index (χ0v) is 22.0. The molecule has 0 aliphatic carbocycles. The topological polar surface area (TPSA) is 130 Å². The summed E-state index contributed by atoms with van der Waals surface area (Å²) in [6.45, 7) is 0. The van der Waals surface area contributed by atoms with Crippen molar-refractivity contribution in [3.05, 3.63) is 78.4 Å². The molecular weight excluding hydrogens is 486 g/mol. The van der Waals surface area contributed by atoms with Gasteiger partial charge in [0.1, 0.15) is 5.69 Å². The number of quaternary nitrogens is 1. The number of primary amides is 1. The first-order valence-electron chi connectivity index (χ1n) is 12.6. The van der Waals surface area contributed by atoms with Crippen molar-refractivity contribution in [3.63, 3.8) is 0 Å². The Kier molecular flexibility index (Phi) is 10.6. The van der Waals surface area contributed by atoms with E-state index in [0.717, 1.165) is 30.3 Å². The molecule has 4 N–H and O–H groups in total.